The van der Waals surface area contributed by atoms with Crippen LogP contribution in [-0.2, 0) is 14.8 Å². The highest BCUT2D eigenvalue weighted by molar-refractivity contribution is 7.93. The second-order valence-corrected chi connectivity index (χ2v) is 9.81. The number of aromatic nitrogens is 7. The molecule has 0 saturated carbocycles. The predicted molar refractivity (Wildman–Crippen MR) is 124 cm³/mol. The number of nitrogens with one attached hydrogen (secondary N) is 2. The molecule has 0 saturated heterocycles. The van der Waals surface area contributed by atoms with Crippen molar-refractivity contribution in [3.05, 3.63) is 45.7 Å². The molecular weight excluding hydrogens is 488 g/mol. The van der Waals surface area contributed by atoms with Gasteiger partial charge in [-0.3, -0.25) is 14.1 Å². The molecular formula is C19H25ClN8O5S. The number of halogens is 1. The van der Waals surface area contributed by atoms with Gasteiger partial charge in [-0.15, -0.1) is 10.2 Å². The van der Waals surface area contributed by atoms with Gasteiger partial charge in [-0.25, -0.2) is 23.4 Å². The molecule has 184 valence electrons. The first-order chi connectivity index (χ1) is 16.1. The zero-order chi connectivity index (χ0) is 25.0. The number of H-pyrrole nitrogens is 1. The van der Waals surface area contributed by atoms with E-state index >= 15 is 0 Å². The SMILES string of the molecule is CC[C@@H](OC)c1nnc(NS(=O)(=O)[C@@H](C)[C@H](C)c2ncc(Cl)cn2)n1-c1c(OC)nc[nH]c1=O. The molecule has 0 aliphatic carbocycles. The smallest absolute Gasteiger partial charge is 0.279 e. The van der Waals surface area contributed by atoms with E-state index in [0.29, 0.717) is 17.3 Å². The average molecular weight is 513 g/mol. The number of rotatable bonds is 10. The highest BCUT2D eigenvalue weighted by Crippen LogP contribution is 2.29. The summed E-state index contributed by atoms with van der Waals surface area (Å²) >= 11 is 5.83. The molecule has 0 aliphatic rings. The summed E-state index contributed by atoms with van der Waals surface area (Å²) in [5.41, 5.74) is -0.685. The summed E-state index contributed by atoms with van der Waals surface area (Å²) in [6.07, 6.45) is 3.85. The monoisotopic (exact) mass is 512 g/mol. The molecule has 0 aromatic carbocycles. The van der Waals surface area contributed by atoms with Crippen LogP contribution in [0.3, 0.4) is 0 Å². The lowest BCUT2D eigenvalue weighted by atomic mass is 10.1. The molecule has 13 nitrogen and oxygen atoms in total. The van der Waals surface area contributed by atoms with Crippen LogP contribution in [0.25, 0.3) is 5.69 Å². The normalized spacial score (nSPS) is 14.4. The van der Waals surface area contributed by atoms with Gasteiger partial charge in [-0.05, 0) is 13.3 Å². The van der Waals surface area contributed by atoms with Crippen LogP contribution in [-0.4, -0.2) is 62.6 Å². The number of sulfonamides is 1. The van der Waals surface area contributed by atoms with Crippen molar-refractivity contribution < 1.29 is 17.9 Å². The van der Waals surface area contributed by atoms with E-state index in [4.69, 9.17) is 21.1 Å². The first-order valence-corrected chi connectivity index (χ1v) is 12.2. The number of hydrogen-bond donors (Lipinski definition) is 2. The molecule has 0 fully saturated rings. The number of hydrogen-bond acceptors (Lipinski definition) is 10. The van der Waals surface area contributed by atoms with Gasteiger partial charge < -0.3 is 14.5 Å². The van der Waals surface area contributed by atoms with Gasteiger partial charge in [0.05, 0.1) is 23.7 Å². The van der Waals surface area contributed by atoms with Gasteiger partial charge in [0.1, 0.15) is 11.9 Å². The molecule has 3 atom stereocenters. The van der Waals surface area contributed by atoms with E-state index in [0.717, 1.165) is 0 Å². The Hall–Kier alpha value is -3.10. The molecule has 3 aromatic rings. The summed E-state index contributed by atoms with van der Waals surface area (Å²) in [6.45, 7) is 5.03. The van der Waals surface area contributed by atoms with Crippen LogP contribution < -0.4 is 15.0 Å². The molecule has 3 heterocycles. The van der Waals surface area contributed by atoms with Gasteiger partial charge >= 0.3 is 0 Å². The Morgan fingerprint density at radius 2 is 1.85 bits per heavy atom. The van der Waals surface area contributed by atoms with Gasteiger partial charge in [0, 0.05) is 25.4 Å². The van der Waals surface area contributed by atoms with Crippen LogP contribution >= 0.6 is 11.6 Å². The maximum absolute atomic E-state index is 13.3. The van der Waals surface area contributed by atoms with E-state index in [9.17, 15) is 13.2 Å². The Morgan fingerprint density at radius 1 is 1.18 bits per heavy atom. The van der Waals surface area contributed by atoms with E-state index in [-0.39, 0.29) is 23.3 Å². The summed E-state index contributed by atoms with van der Waals surface area (Å²) in [5, 5.41) is 7.44. The van der Waals surface area contributed by atoms with Gasteiger partial charge in [0.15, 0.2) is 11.5 Å². The van der Waals surface area contributed by atoms with Gasteiger partial charge in [-0.1, -0.05) is 25.4 Å². The van der Waals surface area contributed by atoms with Gasteiger partial charge in [0.25, 0.3) is 5.56 Å². The first kappa shape index (κ1) is 25.5. The maximum atomic E-state index is 13.3. The maximum Gasteiger partial charge on any atom is 0.279 e. The van der Waals surface area contributed by atoms with Crippen LogP contribution in [0.4, 0.5) is 5.95 Å². The highest BCUT2D eigenvalue weighted by atomic mass is 35.5. The Bertz CT molecular complexity index is 1290. The zero-order valence-electron chi connectivity index (χ0n) is 19.2. The van der Waals surface area contributed by atoms with Crippen molar-refractivity contribution in [3.8, 4) is 11.6 Å². The zero-order valence-corrected chi connectivity index (χ0v) is 20.8. The molecule has 0 aliphatic heterocycles. The molecule has 2 N–H and O–H groups in total. The average Bonchev–Trinajstić information content (AvgIpc) is 3.21. The largest absolute Gasteiger partial charge is 0.479 e. The second-order valence-electron chi connectivity index (χ2n) is 7.34. The summed E-state index contributed by atoms with van der Waals surface area (Å²) in [5.74, 6) is -0.365. The number of methoxy groups -OCH3 is 2. The first-order valence-electron chi connectivity index (χ1n) is 10.2. The fraction of sp³-hybridized carbons (Fsp3) is 0.474. The van der Waals surface area contributed by atoms with E-state index in [1.54, 1.807) is 6.92 Å². The molecule has 0 amide bonds. The minimum Gasteiger partial charge on any atom is -0.479 e. The third-order valence-corrected chi connectivity index (χ3v) is 7.37. The molecule has 15 heteroatoms. The minimum absolute atomic E-state index is 0.0489. The summed E-state index contributed by atoms with van der Waals surface area (Å²) in [4.78, 5) is 27.4. The van der Waals surface area contributed by atoms with Crippen molar-refractivity contribution in [1.29, 1.82) is 0 Å². The van der Waals surface area contributed by atoms with E-state index in [1.807, 2.05) is 6.92 Å². The van der Waals surface area contributed by atoms with Crippen LogP contribution in [0.1, 0.15) is 50.9 Å². The molecule has 3 rings (SSSR count). The molecule has 34 heavy (non-hydrogen) atoms. The number of nitrogens with zero attached hydrogens (tertiary/aromatic N) is 6. The molecule has 0 bridgehead atoms. The van der Waals surface area contributed by atoms with Crippen LogP contribution in [0.5, 0.6) is 5.88 Å². The summed E-state index contributed by atoms with van der Waals surface area (Å²) in [7, 11) is -1.25. The third kappa shape index (κ3) is 5.03. The van der Waals surface area contributed by atoms with Gasteiger partial charge in [0.2, 0.25) is 21.9 Å². The number of anilines is 1. The van der Waals surface area contributed by atoms with Crippen molar-refractivity contribution in [1.82, 2.24) is 34.7 Å². The van der Waals surface area contributed by atoms with Gasteiger partial charge in [-0.2, -0.15) is 0 Å². The standard InChI is InChI=1S/C19H25ClN8O5S/c1-6-13(32-4)16-25-26-19(28(16)14-17(29)23-9-24-18(14)33-5)27-34(30,31)11(3)10(2)15-21-7-12(20)8-22-15/h7-11,13H,6H2,1-5H3,(H,26,27)(H,23,24,29)/t10-,11-,13+/m0/s1. The highest BCUT2D eigenvalue weighted by Gasteiger charge is 2.33. The molecule has 0 unspecified atom stereocenters. The molecule has 3 aromatic heterocycles. The molecule has 0 radical (unpaired) electrons. The Morgan fingerprint density at radius 3 is 2.44 bits per heavy atom. The molecule has 0 spiro atoms. The number of aromatic amines is 1. The minimum atomic E-state index is -4.06. The lowest BCUT2D eigenvalue weighted by Crippen LogP contribution is -2.32. The fourth-order valence-corrected chi connectivity index (χ4v) is 4.55. The number of ether oxygens (including phenoxy) is 2. The fourth-order valence-electron chi connectivity index (χ4n) is 3.23. The van der Waals surface area contributed by atoms with Crippen LogP contribution in [0, 0.1) is 0 Å². The second kappa shape index (κ2) is 10.4. The van der Waals surface area contributed by atoms with Crippen molar-refractivity contribution in [2.45, 2.75) is 44.5 Å². The lowest BCUT2D eigenvalue weighted by molar-refractivity contribution is 0.0910. The summed E-state index contributed by atoms with van der Waals surface area (Å²) < 4.78 is 40.9. The Labute approximate surface area is 201 Å². The van der Waals surface area contributed by atoms with E-state index < -0.39 is 32.9 Å². The van der Waals surface area contributed by atoms with Crippen molar-refractivity contribution in [2.24, 2.45) is 0 Å². The topological polar surface area (TPSA) is 167 Å². The lowest BCUT2D eigenvalue weighted by Gasteiger charge is -2.21. The quantitative estimate of drug-likeness (QED) is 0.409. The van der Waals surface area contributed by atoms with Crippen molar-refractivity contribution >= 4 is 27.6 Å². The van der Waals surface area contributed by atoms with Crippen molar-refractivity contribution in [3.63, 3.8) is 0 Å². The Balaban J connectivity index is 2.08. The van der Waals surface area contributed by atoms with Crippen molar-refractivity contribution in [2.75, 3.05) is 18.9 Å². The van der Waals surface area contributed by atoms with Crippen LogP contribution in [0.2, 0.25) is 5.02 Å². The Kier molecular flexibility index (Phi) is 7.84. The van der Waals surface area contributed by atoms with Crippen LogP contribution in [0.15, 0.2) is 23.5 Å². The summed E-state index contributed by atoms with van der Waals surface area (Å²) in [6, 6.07) is 0. The predicted octanol–water partition coefficient (Wildman–Crippen LogP) is 1.83. The third-order valence-electron chi connectivity index (χ3n) is 5.32. The van der Waals surface area contributed by atoms with E-state index in [1.165, 1.54) is 44.4 Å². The van der Waals surface area contributed by atoms with E-state index in [2.05, 4.69) is 34.9 Å².